The van der Waals surface area contributed by atoms with E-state index >= 15 is 0 Å². The molecule has 2 rings (SSSR count). The summed E-state index contributed by atoms with van der Waals surface area (Å²) < 4.78 is 1.92. The maximum Gasteiger partial charge on any atom is 0.137 e. The molecule has 8 heteroatoms. The summed E-state index contributed by atoms with van der Waals surface area (Å²) in [4.78, 5) is 6.97. The monoisotopic (exact) mass is 374 g/mol. The second kappa shape index (κ2) is 6.17. The lowest BCUT2D eigenvalue weighted by molar-refractivity contribution is 1.22. The Bertz CT molecular complexity index is 626. The fraction of sp³-hybridized carbons (Fsp3) is 0.0909. The quantitative estimate of drug-likeness (QED) is 0.431. The van der Waals surface area contributed by atoms with Gasteiger partial charge in [0.1, 0.15) is 11.7 Å². The van der Waals surface area contributed by atoms with Crippen LogP contribution in [0.5, 0.6) is 0 Å². The maximum atomic E-state index is 7.50. The smallest absolute Gasteiger partial charge is 0.137 e. The van der Waals surface area contributed by atoms with Gasteiger partial charge in [-0.25, -0.2) is 4.98 Å². The van der Waals surface area contributed by atoms with Gasteiger partial charge < -0.3 is 11.5 Å². The van der Waals surface area contributed by atoms with Gasteiger partial charge >= 0.3 is 0 Å². The fourth-order valence-electron chi connectivity index (χ4n) is 1.32. The number of nitrogens with two attached hydrogens (primary N) is 2. The molecular weight excluding hydrogens is 364 g/mol. The number of rotatable bonds is 4. The summed E-state index contributed by atoms with van der Waals surface area (Å²) in [6, 6.07) is 3.87. The van der Waals surface area contributed by atoms with Crippen molar-refractivity contribution in [1.82, 2.24) is 4.98 Å². The van der Waals surface area contributed by atoms with E-state index in [0.29, 0.717) is 5.82 Å². The van der Waals surface area contributed by atoms with Gasteiger partial charge in [-0.1, -0.05) is 11.8 Å². The minimum atomic E-state index is 0.101. The van der Waals surface area contributed by atoms with E-state index in [-0.39, 0.29) is 5.84 Å². The molecule has 0 amide bonds. The van der Waals surface area contributed by atoms with Crippen LogP contribution in [0.25, 0.3) is 0 Å². The molecule has 2 aromatic rings. The minimum Gasteiger partial charge on any atom is -0.383 e. The van der Waals surface area contributed by atoms with E-state index in [4.69, 9.17) is 16.9 Å². The number of pyridine rings is 1. The third-order valence-electron chi connectivity index (χ3n) is 2.19. The van der Waals surface area contributed by atoms with E-state index < -0.39 is 0 Å². The highest BCUT2D eigenvalue weighted by atomic mass is 79.9. The molecule has 19 heavy (non-hydrogen) atoms. The second-order valence-electron chi connectivity index (χ2n) is 3.52. The van der Waals surface area contributed by atoms with Gasteiger partial charge in [0.2, 0.25) is 0 Å². The molecule has 0 spiro atoms. The molecule has 4 nitrogen and oxygen atoms in total. The number of nitrogens with one attached hydrogen (secondary N) is 1. The number of hydrogen-bond donors (Lipinski definition) is 3. The van der Waals surface area contributed by atoms with Crippen molar-refractivity contribution >= 4 is 62.4 Å². The summed E-state index contributed by atoms with van der Waals surface area (Å²) in [5.74, 6) is 0.577. The molecule has 100 valence electrons. The van der Waals surface area contributed by atoms with Gasteiger partial charge in [0, 0.05) is 16.0 Å². The van der Waals surface area contributed by atoms with Gasteiger partial charge in [-0.2, -0.15) is 0 Å². The minimum absolute atomic E-state index is 0.101. The van der Waals surface area contributed by atoms with E-state index in [9.17, 15) is 0 Å². The van der Waals surface area contributed by atoms with Crippen molar-refractivity contribution in [2.45, 2.75) is 14.0 Å². The van der Waals surface area contributed by atoms with Crippen LogP contribution in [-0.2, 0) is 0 Å². The fourth-order valence-corrected chi connectivity index (χ4v) is 4.82. The normalized spacial score (nSPS) is 10.6. The summed E-state index contributed by atoms with van der Waals surface area (Å²) >= 11 is 8.13. The van der Waals surface area contributed by atoms with Gasteiger partial charge in [0.25, 0.3) is 0 Å². The SMILES string of the molecule is CSc1sc(C(=N)N)cc1Sc1cnc(N)c(Br)c1. The number of amidine groups is 1. The Morgan fingerprint density at radius 2 is 2.21 bits per heavy atom. The van der Waals surface area contributed by atoms with Crippen molar-refractivity contribution in [2.24, 2.45) is 5.73 Å². The second-order valence-corrected chi connectivity index (χ2v) is 7.62. The molecule has 0 radical (unpaired) electrons. The summed E-state index contributed by atoms with van der Waals surface area (Å²) in [5, 5.41) is 7.50. The number of thiophene rings is 1. The average Bonchev–Trinajstić information content (AvgIpc) is 2.77. The van der Waals surface area contributed by atoms with Crippen LogP contribution in [0.2, 0.25) is 0 Å². The highest BCUT2D eigenvalue weighted by Gasteiger charge is 2.12. The molecule has 0 saturated heterocycles. The Morgan fingerprint density at radius 3 is 2.79 bits per heavy atom. The molecule has 0 bridgehead atoms. The molecule has 5 N–H and O–H groups in total. The van der Waals surface area contributed by atoms with Crippen LogP contribution in [0, 0.1) is 5.41 Å². The van der Waals surface area contributed by atoms with Crippen molar-refractivity contribution in [2.75, 3.05) is 12.0 Å². The summed E-state index contributed by atoms with van der Waals surface area (Å²) in [6.45, 7) is 0. The molecular formula is C11H11BrN4S3. The van der Waals surface area contributed by atoms with Crippen molar-refractivity contribution in [3.63, 3.8) is 0 Å². The lowest BCUT2D eigenvalue weighted by Gasteiger charge is -2.03. The van der Waals surface area contributed by atoms with Gasteiger partial charge in [-0.15, -0.1) is 23.1 Å². The lowest BCUT2D eigenvalue weighted by Crippen LogP contribution is -2.08. The molecule has 0 atom stereocenters. The summed E-state index contributed by atoms with van der Waals surface area (Å²) in [7, 11) is 0. The first-order valence-corrected chi connectivity index (χ1v) is 8.77. The van der Waals surface area contributed by atoms with Gasteiger partial charge in [-0.3, -0.25) is 5.41 Å². The third kappa shape index (κ3) is 3.44. The topological polar surface area (TPSA) is 88.8 Å². The zero-order chi connectivity index (χ0) is 14.0. The zero-order valence-electron chi connectivity index (χ0n) is 9.94. The lowest BCUT2D eigenvalue weighted by atomic mass is 10.4. The molecule has 0 aliphatic rings. The molecule has 0 aliphatic heterocycles. The molecule has 2 aromatic heterocycles. The van der Waals surface area contributed by atoms with Crippen LogP contribution < -0.4 is 11.5 Å². The van der Waals surface area contributed by atoms with Crippen molar-refractivity contribution in [3.05, 3.63) is 27.7 Å². The highest BCUT2D eigenvalue weighted by Crippen LogP contribution is 2.41. The number of halogens is 1. The van der Waals surface area contributed by atoms with Crippen molar-refractivity contribution in [3.8, 4) is 0 Å². The van der Waals surface area contributed by atoms with Crippen LogP contribution in [-0.4, -0.2) is 17.1 Å². The molecule has 0 unspecified atom stereocenters. The Kier molecular flexibility index (Phi) is 4.77. The van der Waals surface area contributed by atoms with Gasteiger partial charge in [-0.05, 0) is 34.3 Å². The van der Waals surface area contributed by atoms with Crippen molar-refractivity contribution in [1.29, 1.82) is 5.41 Å². The van der Waals surface area contributed by atoms with E-state index in [1.54, 1.807) is 29.7 Å². The number of anilines is 1. The van der Waals surface area contributed by atoms with Crippen LogP contribution in [0.4, 0.5) is 5.82 Å². The molecule has 0 aliphatic carbocycles. The number of thioether (sulfide) groups is 1. The van der Waals surface area contributed by atoms with E-state index in [2.05, 4.69) is 20.9 Å². The Balaban J connectivity index is 2.31. The Labute approximate surface area is 132 Å². The largest absolute Gasteiger partial charge is 0.383 e. The predicted octanol–water partition coefficient (Wildman–Crippen LogP) is 3.64. The number of nitrogens with zero attached hydrogens (tertiary/aromatic N) is 1. The summed E-state index contributed by atoms with van der Waals surface area (Å²) in [5.41, 5.74) is 11.2. The number of hydrogen-bond acceptors (Lipinski definition) is 6. The molecule has 0 aromatic carbocycles. The number of aromatic nitrogens is 1. The zero-order valence-corrected chi connectivity index (χ0v) is 14.0. The highest BCUT2D eigenvalue weighted by molar-refractivity contribution is 9.10. The number of nitrogen functional groups attached to an aromatic ring is 2. The third-order valence-corrected chi connectivity index (χ3v) is 6.39. The maximum absolute atomic E-state index is 7.50. The van der Waals surface area contributed by atoms with Crippen LogP contribution >= 0.6 is 50.8 Å². The van der Waals surface area contributed by atoms with E-state index in [1.165, 1.54) is 11.3 Å². The van der Waals surface area contributed by atoms with Gasteiger partial charge in [0.15, 0.2) is 0 Å². The van der Waals surface area contributed by atoms with Crippen LogP contribution in [0.3, 0.4) is 0 Å². The average molecular weight is 375 g/mol. The Hall–Kier alpha value is -0.700. The predicted molar refractivity (Wildman–Crippen MR) is 87.6 cm³/mol. The van der Waals surface area contributed by atoms with Gasteiger partial charge in [0.05, 0.1) is 13.6 Å². The summed E-state index contributed by atoms with van der Waals surface area (Å²) in [6.07, 6.45) is 3.75. The molecule has 2 heterocycles. The first-order valence-electron chi connectivity index (χ1n) is 5.12. The van der Waals surface area contributed by atoms with Crippen LogP contribution in [0.15, 0.2) is 36.8 Å². The standard InChI is InChI=1S/C11H11BrN4S3/c1-17-11-8(3-7(19-11)9(13)14)18-5-2-6(12)10(15)16-4-5/h2-4H,1H3,(H3,13,14)(H2,15,16). The Morgan fingerprint density at radius 1 is 1.47 bits per heavy atom. The van der Waals surface area contributed by atoms with E-state index in [0.717, 1.165) is 23.4 Å². The first-order chi connectivity index (χ1) is 9.01. The molecule has 0 fully saturated rings. The van der Waals surface area contributed by atoms with Crippen molar-refractivity contribution < 1.29 is 0 Å². The first kappa shape index (κ1) is 14.7. The molecule has 0 saturated carbocycles. The van der Waals surface area contributed by atoms with E-state index in [1.807, 2.05) is 18.4 Å². The van der Waals surface area contributed by atoms with Crippen LogP contribution in [0.1, 0.15) is 4.88 Å².